The van der Waals surface area contributed by atoms with Gasteiger partial charge in [-0.05, 0) is 24.6 Å². The van der Waals surface area contributed by atoms with Crippen molar-refractivity contribution in [3.8, 4) is 11.4 Å². The van der Waals surface area contributed by atoms with E-state index in [9.17, 15) is 4.79 Å². The summed E-state index contributed by atoms with van der Waals surface area (Å²) in [4.78, 5) is 36.7. The highest BCUT2D eigenvalue weighted by Gasteiger charge is 2.34. The van der Waals surface area contributed by atoms with Gasteiger partial charge >= 0.3 is 0 Å². The molecule has 202 valence electrons. The largest absolute Gasteiger partial charge is 0.378 e. The average molecular weight is 529 g/mol. The summed E-state index contributed by atoms with van der Waals surface area (Å²) in [7, 11) is 2.05. The molecule has 3 aromatic heterocycles. The van der Waals surface area contributed by atoms with Gasteiger partial charge in [-0.15, -0.1) is 0 Å². The molecule has 1 fully saturated rings. The Kier molecular flexibility index (Phi) is 6.93. The Morgan fingerprint density at radius 3 is 2.69 bits per heavy atom. The van der Waals surface area contributed by atoms with E-state index in [2.05, 4.69) is 60.2 Å². The summed E-state index contributed by atoms with van der Waals surface area (Å²) in [6, 6.07) is 6.10. The van der Waals surface area contributed by atoms with Crippen LogP contribution in [0, 0.1) is 0 Å². The maximum atomic E-state index is 11.1. The molecular formula is C27H32N10O2. The van der Waals surface area contributed by atoms with Crippen molar-refractivity contribution in [1.29, 1.82) is 0 Å². The van der Waals surface area contributed by atoms with Gasteiger partial charge in [0.1, 0.15) is 11.9 Å². The van der Waals surface area contributed by atoms with Crippen LogP contribution in [0.2, 0.25) is 0 Å². The second-order valence-electron chi connectivity index (χ2n) is 9.85. The quantitative estimate of drug-likeness (QED) is 0.311. The van der Waals surface area contributed by atoms with Crippen molar-refractivity contribution >= 4 is 40.5 Å². The molecule has 0 saturated carbocycles. The first-order chi connectivity index (χ1) is 19.1. The van der Waals surface area contributed by atoms with E-state index >= 15 is 0 Å². The Morgan fingerprint density at radius 2 is 1.92 bits per heavy atom. The number of H-pyrrole nitrogens is 1. The normalized spacial score (nSPS) is 16.8. The van der Waals surface area contributed by atoms with E-state index in [1.54, 1.807) is 12.4 Å². The van der Waals surface area contributed by atoms with E-state index in [1.165, 1.54) is 0 Å². The SMILES string of the molecule is CCCCN(CC1Nc2c(N3CCOCC3)nc(-c3ccc4[nH]ncc4c3)nc2N1C)c1ncc(C=O)cn1. The van der Waals surface area contributed by atoms with Crippen LogP contribution in [0.4, 0.5) is 23.3 Å². The molecule has 1 unspecified atom stereocenters. The van der Waals surface area contributed by atoms with Crippen LogP contribution in [0.15, 0.2) is 36.8 Å². The molecule has 0 amide bonds. The summed E-state index contributed by atoms with van der Waals surface area (Å²) in [6.07, 6.45) is 7.69. The van der Waals surface area contributed by atoms with Crippen LogP contribution in [0.1, 0.15) is 30.1 Å². The third kappa shape index (κ3) is 4.94. The third-order valence-corrected chi connectivity index (χ3v) is 7.24. The van der Waals surface area contributed by atoms with E-state index in [0.29, 0.717) is 37.1 Å². The van der Waals surface area contributed by atoms with Gasteiger partial charge in [-0.25, -0.2) is 19.9 Å². The molecule has 1 aromatic carbocycles. The number of aldehydes is 1. The zero-order valence-electron chi connectivity index (χ0n) is 22.2. The van der Waals surface area contributed by atoms with E-state index < -0.39 is 0 Å². The van der Waals surface area contributed by atoms with Crippen molar-refractivity contribution in [3.05, 3.63) is 42.4 Å². The lowest BCUT2D eigenvalue weighted by Gasteiger charge is -2.30. The van der Waals surface area contributed by atoms with E-state index in [4.69, 9.17) is 14.7 Å². The predicted molar refractivity (Wildman–Crippen MR) is 151 cm³/mol. The number of anilines is 4. The number of carbonyl (C=O) groups excluding carboxylic acids is 1. The summed E-state index contributed by atoms with van der Waals surface area (Å²) >= 11 is 0. The molecule has 2 N–H and O–H groups in total. The van der Waals surface area contributed by atoms with Gasteiger partial charge in [-0.2, -0.15) is 5.10 Å². The first kappa shape index (κ1) is 25.0. The number of hydrogen-bond donors (Lipinski definition) is 2. The second-order valence-corrected chi connectivity index (χ2v) is 9.85. The fraction of sp³-hybridized carbons (Fsp3) is 0.407. The monoisotopic (exact) mass is 528 g/mol. The average Bonchev–Trinajstić information content (AvgIpc) is 3.59. The van der Waals surface area contributed by atoms with Gasteiger partial charge < -0.3 is 24.8 Å². The molecule has 0 spiro atoms. The van der Waals surface area contributed by atoms with Gasteiger partial charge in [0.25, 0.3) is 0 Å². The standard InChI is InChI=1S/C27H32N10O2/c1-3-4-7-37(27-28-13-18(17-38)14-29-27)16-22-31-23-25(35(22)2)32-24(33-26(23)36-8-10-39-11-9-36)19-5-6-21-20(12-19)15-30-34-21/h5-6,12-15,17,22,31H,3-4,7-11,16H2,1-2H3,(H,30,34). The van der Waals surface area contributed by atoms with E-state index in [0.717, 1.165) is 72.6 Å². The molecule has 2 aliphatic rings. The first-order valence-electron chi connectivity index (χ1n) is 13.3. The van der Waals surface area contributed by atoms with E-state index in [1.807, 2.05) is 18.3 Å². The van der Waals surface area contributed by atoms with Crippen molar-refractivity contribution in [1.82, 2.24) is 30.1 Å². The summed E-state index contributed by atoms with van der Waals surface area (Å²) in [5.41, 5.74) is 3.29. The van der Waals surface area contributed by atoms with Gasteiger partial charge in [-0.1, -0.05) is 13.3 Å². The lowest BCUT2D eigenvalue weighted by molar-refractivity contribution is 0.112. The van der Waals surface area contributed by atoms with Crippen molar-refractivity contribution in [2.24, 2.45) is 0 Å². The zero-order valence-corrected chi connectivity index (χ0v) is 22.2. The smallest absolute Gasteiger partial charge is 0.225 e. The number of benzene rings is 1. The number of fused-ring (bicyclic) bond motifs is 2. The van der Waals surface area contributed by atoms with Crippen LogP contribution in [-0.2, 0) is 4.74 Å². The predicted octanol–water partition coefficient (Wildman–Crippen LogP) is 2.95. The highest BCUT2D eigenvalue weighted by Crippen LogP contribution is 2.41. The number of ether oxygens (including phenoxy) is 1. The summed E-state index contributed by atoms with van der Waals surface area (Å²) in [6.45, 7) is 6.44. The molecule has 5 heterocycles. The molecule has 0 bridgehead atoms. The molecule has 2 aliphatic heterocycles. The van der Waals surface area contributed by atoms with Gasteiger partial charge in [0.2, 0.25) is 5.95 Å². The van der Waals surface area contributed by atoms with Gasteiger partial charge in [0.15, 0.2) is 23.7 Å². The first-order valence-corrected chi connectivity index (χ1v) is 13.3. The highest BCUT2D eigenvalue weighted by molar-refractivity contribution is 5.87. The maximum absolute atomic E-state index is 11.1. The minimum atomic E-state index is -0.0769. The number of nitrogens with zero attached hydrogens (tertiary/aromatic N) is 8. The van der Waals surface area contributed by atoms with Crippen LogP contribution in [0.25, 0.3) is 22.3 Å². The summed E-state index contributed by atoms with van der Waals surface area (Å²) in [5, 5.41) is 11.9. The molecule has 0 radical (unpaired) electrons. The fourth-order valence-corrected chi connectivity index (χ4v) is 5.00. The van der Waals surface area contributed by atoms with Crippen LogP contribution < -0.4 is 20.0 Å². The third-order valence-electron chi connectivity index (χ3n) is 7.24. The molecular weight excluding hydrogens is 496 g/mol. The highest BCUT2D eigenvalue weighted by atomic mass is 16.5. The number of carbonyl (C=O) groups is 1. The lowest BCUT2D eigenvalue weighted by atomic mass is 10.1. The maximum Gasteiger partial charge on any atom is 0.225 e. The van der Waals surface area contributed by atoms with Gasteiger partial charge in [0.05, 0.1) is 37.0 Å². The number of hydrogen-bond acceptors (Lipinski definition) is 11. The Hall–Kier alpha value is -4.32. The topological polar surface area (TPSA) is 128 Å². The molecule has 12 heteroatoms. The van der Waals surface area contributed by atoms with Gasteiger partial charge in [-0.3, -0.25) is 9.89 Å². The van der Waals surface area contributed by atoms with Crippen molar-refractivity contribution in [2.45, 2.75) is 25.9 Å². The molecule has 39 heavy (non-hydrogen) atoms. The van der Waals surface area contributed by atoms with Crippen molar-refractivity contribution in [2.75, 3.05) is 66.5 Å². The van der Waals surface area contributed by atoms with Crippen molar-refractivity contribution in [3.63, 3.8) is 0 Å². The second kappa shape index (κ2) is 10.8. The fourth-order valence-electron chi connectivity index (χ4n) is 5.00. The molecule has 1 atom stereocenters. The van der Waals surface area contributed by atoms with Crippen molar-refractivity contribution < 1.29 is 9.53 Å². The number of unbranched alkanes of at least 4 members (excludes halogenated alkanes) is 1. The van der Waals surface area contributed by atoms with Crippen LogP contribution in [0.5, 0.6) is 0 Å². The molecule has 1 saturated heterocycles. The van der Waals surface area contributed by atoms with Crippen LogP contribution in [-0.4, -0.2) is 89.0 Å². The summed E-state index contributed by atoms with van der Waals surface area (Å²) in [5.74, 6) is 3.01. The Bertz CT molecular complexity index is 1450. The number of aromatic amines is 1. The molecule has 6 rings (SSSR count). The zero-order chi connectivity index (χ0) is 26.8. The van der Waals surface area contributed by atoms with Gasteiger partial charge in [0, 0.05) is 50.0 Å². The number of likely N-dealkylation sites (N-methyl/N-ethyl adjacent to an activating group) is 1. The number of rotatable bonds is 9. The Morgan fingerprint density at radius 1 is 1.13 bits per heavy atom. The molecule has 12 nitrogen and oxygen atoms in total. The Labute approximate surface area is 226 Å². The summed E-state index contributed by atoms with van der Waals surface area (Å²) < 4.78 is 5.62. The minimum absolute atomic E-state index is 0.0769. The number of morpholine rings is 1. The van der Waals surface area contributed by atoms with Crippen LogP contribution in [0.3, 0.4) is 0 Å². The minimum Gasteiger partial charge on any atom is -0.378 e. The van der Waals surface area contributed by atoms with E-state index in [-0.39, 0.29) is 6.17 Å². The van der Waals surface area contributed by atoms with Crippen LogP contribution >= 0.6 is 0 Å². The Balaban J connectivity index is 1.34. The molecule has 0 aliphatic carbocycles. The number of nitrogens with one attached hydrogen (secondary N) is 2. The number of aromatic nitrogens is 6. The molecule has 4 aromatic rings. The lowest BCUT2D eigenvalue weighted by Crippen LogP contribution is -2.44.